The van der Waals surface area contributed by atoms with Crippen LogP contribution in [0.25, 0.3) is 5.70 Å². The van der Waals surface area contributed by atoms with E-state index in [4.69, 9.17) is 4.74 Å². The molecule has 0 bridgehead atoms. The van der Waals surface area contributed by atoms with E-state index in [-0.39, 0.29) is 6.04 Å². The van der Waals surface area contributed by atoms with Gasteiger partial charge in [-0.05, 0) is 56.5 Å². The number of aliphatic imine (C=N–C) groups is 1. The lowest BCUT2D eigenvalue weighted by atomic mass is 10.0. The Hall–Kier alpha value is -2.02. The third kappa shape index (κ3) is 4.54. The molecule has 1 aliphatic heterocycles. The molecule has 1 atom stereocenters. The Morgan fingerprint density at radius 1 is 1.40 bits per heavy atom. The maximum absolute atomic E-state index is 13.1. The highest BCUT2D eigenvalue weighted by Gasteiger charge is 2.34. The van der Waals surface area contributed by atoms with Crippen LogP contribution < -0.4 is 5.32 Å². The molecule has 25 heavy (non-hydrogen) atoms. The number of halogens is 3. The number of aromatic hydroxyl groups is 1. The van der Waals surface area contributed by atoms with Crippen molar-refractivity contribution in [1.29, 1.82) is 0 Å². The molecule has 7 heteroatoms. The molecule has 0 aromatic heterocycles. The predicted molar refractivity (Wildman–Crippen MR) is 91.5 cm³/mol. The van der Waals surface area contributed by atoms with E-state index in [0.717, 1.165) is 37.1 Å². The number of allylic oxidation sites excluding steroid dienone is 1. The van der Waals surface area contributed by atoms with Crippen molar-refractivity contribution < 1.29 is 23.0 Å². The van der Waals surface area contributed by atoms with Crippen molar-refractivity contribution in [2.45, 2.75) is 45.3 Å². The van der Waals surface area contributed by atoms with Gasteiger partial charge in [-0.2, -0.15) is 13.2 Å². The Labute approximate surface area is 145 Å². The molecule has 2 rings (SSSR count). The third-order valence-corrected chi connectivity index (χ3v) is 4.30. The van der Waals surface area contributed by atoms with Gasteiger partial charge in [-0.3, -0.25) is 0 Å². The van der Waals surface area contributed by atoms with Crippen molar-refractivity contribution in [2.24, 2.45) is 4.99 Å². The average molecular weight is 356 g/mol. The summed E-state index contributed by atoms with van der Waals surface area (Å²) in [5.74, 6) is -0.333. The molecular weight excluding hydrogens is 333 g/mol. The number of alkyl halides is 3. The Morgan fingerprint density at radius 2 is 2.12 bits per heavy atom. The van der Waals surface area contributed by atoms with Crippen molar-refractivity contribution in [3.8, 4) is 5.75 Å². The second-order valence-corrected chi connectivity index (χ2v) is 6.02. The number of nitrogens with one attached hydrogen (secondary N) is 1. The van der Waals surface area contributed by atoms with Crippen molar-refractivity contribution in [2.75, 3.05) is 13.7 Å². The summed E-state index contributed by atoms with van der Waals surface area (Å²) in [6.07, 6.45) is -2.13. The molecule has 1 aromatic carbocycles. The van der Waals surface area contributed by atoms with Gasteiger partial charge in [-0.1, -0.05) is 6.92 Å². The van der Waals surface area contributed by atoms with Gasteiger partial charge in [-0.15, -0.1) is 0 Å². The summed E-state index contributed by atoms with van der Waals surface area (Å²) < 4.78 is 44.7. The Morgan fingerprint density at radius 3 is 2.64 bits per heavy atom. The van der Waals surface area contributed by atoms with E-state index in [9.17, 15) is 18.3 Å². The molecular formula is C18H23F3N2O2. The number of nitrogens with zero attached hydrogens (tertiary/aromatic N) is 1. The van der Waals surface area contributed by atoms with E-state index in [1.54, 1.807) is 0 Å². The van der Waals surface area contributed by atoms with Gasteiger partial charge < -0.3 is 15.2 Å². The summed E-state index contributed by atoms with van der Waals surface area (Å²) in [5, 5.41) is 12.8. The first kappa shape index (κ1) is 19.3. The summed E-state index contributed by atoms with van der Waals surface area (Å²) in [5.41, 5.74) is 0.515. The first-order valence-electron chi connectivity index (χ1n) is 8.24. The first-order chi connectivity index (χ1) is 11.8. The topological polar surface area (TPSA) is 53.8 Å². The standard InChI is InChI=1S/C18H23F3N2O2/c1-4-11(2)16(23-17(25-3)14-6-5-9-22-14)12-7-8-15(24)13(10-12)18(19,20)21/h7-8,10,14,22,24H,4-6,9H2,1-3H3. The zero-order chi connectivity index (χ0) is 18.6. The molecule has 1 heterocycles. The highest BCUT2D eigenvalue weighted by Crippen LogP contribution is 2.38. The molecule has 138 valence electrons. The van der Waals surface area contributed by atoms with Crippen LogP contribution in [-0.4, -0.2) is 30.7 Å². The number of phenols is 1. The number of benzene rings is 1. The number of hydrogen-bond donors (Lipinski definition) is 2. The maximum Gasteiger partial charge on any atom is 0.419 e. The number of methoxy groups -OCH3 is 1. The fourth-order valence-corrected chi connectivity index (χ4v) is 2.76. The number of phenolic OH excluding ortho intramolecular Hbond substituents is 1. The molecule has 1 aromatic rings. The van der Waals surface area contributed by atoms with Crippen molar-refractivity contribution in [1.82, 2.24) is 5.32 Å². The summed E-state index contributed by atoms with van der Waals surface area (Å²) >= 11 is 0. The summed E-state index contributed by atoms with van der Waals surface area (Å²) in [6.45, 7) is 4.60. The lowest BCUT2D eigenvalue weighted by molar-refractivity contribution is -0.138. The minimum atomic E-state index is -4.63. The molecule has 1 saturated heterocycles. The fraction of sp³-hybridized carbons (Fsp3) is 0.500. The third-order valence-electron chi connectivity index (χ3n) is 4.30. The van der Waals surface area contributed by atoms with E-state index >= 15 is 0 Å². The normalized spacial score (nSPS) is 19.8. The smallest absolute Gasteiger partial charge is 0.419 e. The molecule has 1 aliphatic rings. The van der Waals surface area contributed by atoms with Crippen LogP contribution in [0.2, 0.25) is 0 Å². The van der Waals surface area contributed by atoms with E-state index in [1.807, 2.05) is 13.8 Å². The number of ether oxygens (including phenoxy) is 1. The van der Waals surface area contributed by atoms with Crippen molar-refractivity contribution in [3.63, 3.8) is 0 Å². The molecule has 1 unspecified atom stereocenters. The fourth-order valence-electron chi connectivity index (χ4n) is 2.76. The Balaban J connectivity index is 2.52. The van der Waals surface area contributed by atoms with E-state index < -0.39 is 17.5 Å². The largest absolute Gasteiger partial charge is 0.507 e. The zero-order valence-electron chi connectivity index (χ0n) is 14.6. The Kier molecular flexibility index (Phi) is 6.11. The molecule has 1 fully saturated rings. The van der Waals surface area contributed by atoms with Crippen LogP contribution in [0.4, 0.5) is 13.2 Å². The highest BCUT2D eigenvalue weighted by molar-refractivity contribution is 5.88. The van der Waals surface area contributed by atoms with Gasteiger partial charge in [0.1, 0.15) is 5.75 Å². The van der Waals surface area contributed by atoms with Gasteiger partial charge in [0.05, 0.1) is 24.4 Å². The van der Waals surface area contributed by atoms with Gasteiger partial charge in [-0.25, -0.2) is 4.99 Å². The summed E-state index contributed by atoms with van der Waals surface area (Å²) in [4.78, 5) is 4.53. The minimum Gasteiger partial charge on any atom is -0.507 e. The van der Waals surface area contributed by atoms with Gasteiger partial charge in [0.2, 0.25) is 5.90 Å². The molecule has 2 N–H and O–H groups in total. The quantitative estimate of drug-likeness (QED) is 0.623. The van der Waals surface area contributed by atoms with Crippen LogP contribution >= 0.6 is 0 Å². The van der Waals surface area contributed by atoms with E-state index in [0.29, 0.717) is 23.6 Å². The van der Waals surface area contributed by atoms with Crippen LogP contribution in [0.5, 0.6) is 5.75 Å². The van der Waals surface area contributed by atoms with Gasteiger partial charge in [0.25, 0.3) is 0 Å². The number of rotatable bonds is 4. The van der Waals surface area contributed by atoms with Crippen molar-refractivity contribution in [3.05, 3.63) is 34.9 Å². The van der Waals surface area contributed by atoms with Crippen LogP contribution in [0, 0.1) is 0 Å². The lowest BCUT2D eigenvalue weighted by Gasteiger charge is -2.16. The monoisotopic (exact) mass is 356 g/mol. The Bertz CT molecular complexity index is 675. The van der Waals surface area contributed by atoms with Gasteiger partial charge in [0.15, 0.2) is 0 Å². The zero-order valence-corrected chi connectivity index (χ0v) is 14.6. The molecule has 4 nitrogen and oxygen atoms in total. The van der Waals surface area contributed by atoms with Crippen LogP contribution in [0.15, 0.2) is 28.8 Å². The molecule has 0 aliphatic carbocycles. The first-order valence-corrected chi connectivity index (χ1v) is 8.24. The molecule has 0 radical (unpaired) electrons. The lowest BCUT2D eigenvalue weighted by Crippen LogP contribution is -2.32. The van der Waals surface area contributed by atoms with Crippen molar-refractivity contribution >= 4 is 11.6 Å². The second kappa shape index (κ2) is 7.91. The summed E-state index contributed by atoms with van der Waals surface area (Å²) in [7, 11) is 1.51. The predicted octanol–water partition coefficient (Wildman–Crippen LogP) is 4.35. The molecule has 0 spiro atoms. The van der Waals surface area contributed by atoms with Gasteiger partial charge >= 0.3 is 6.18 Å². The van der Waals surface area contributed by atoms with E-state index in [1.165, 1.54) is 13.2 Å². The average Bonchev–Trinajstić information content (AvgIpc) is 3.09. The molecule has 0 amide bonds. The maximum atomic E-state index is 13.1. The second-order valence-electron chi connectivity index (χ2n) is 6.02. The van der Waals surface area contributed by atoms with Crippen LogP contribution in [0.3, 0.4) is 0 Å². The van der Waals surface area contributed by atoms with Crippen LogP contribution in [0.1, 0.15) is 44.2 Å². The molecule has 0 saturated carbocycles. The SMILES string of the molecule is CCC(C)=C(N=C(OC)C1CCCN1)c1ccc(O)c(C(F)(F)F)c1. The summed E-state index contributed by atoms with van der Waals surface area (Å²) in [6, 6.07) is 3.39. The van der Waals surface area contributed by atoms with Crippen LogP contribution in [-0.2, 0) is 10.9 Å². The number of hydrogen-bond acceptors (Lipinski definition) is 4. The highest BCUT2D eigenvalue weighted by atomic mass is 19.4. The van der Waals surface area contributed by atoms with Gasteiger partial charge in [0, 0.05) is 5.56 Å². The minimum absolute atomic E-state index is 0.0381. The van der Waals surface area contributed by atoms with E-state index in [2.05, 4.69) is 10.3 Å².